The molecule has 1 atom stereocenters. The highest BCUT2D eigenvalue weighted by atomic mass is 35.5. The molecule has 0 aliphatic rings. The molecular formula is C18H27ClN2O4S. The SMILES string of the molecule is CCCCNS(=O)(=O)N(C(=O)C(Cl)C(=O)C(C)(C)C)c1ccc(C)cc1. The summed E-state index contributed by atoms with van der Waals surface area (Å²) in [6.45, 7) is 8.84. The van der Waals surface area contributed by atoms with Crippen LogP contribution in [0.25, 0.3) is 0 Å². The van der Waals surface area contributed by atoms with Gasteiger partial charge in [-0.3, -0.25) is 9.59 Å². The molecule has 1 rings (SSSR count). The van der Waals surface area contributed by atoms with Gasteiger partial charge in [-0.05, 0) is 25.5 Å². The van der Waals surface area contributed by atoms with Crippen molar-refractivity contribution in [1.29, 1.82) is 0 Å². The standard InChI is InChI=1S/C18H27ClN2O4S/c1-6-7-12-20-26(24,25)21(14-10-8-13(2)9-11-14)17(23)15(19)16(22)18(3,4)5/h8-11,15,20H,6-7,12H2,1-5H3. The van der Waals surface area contributed by atoms with Gasteiger partial charge in [-0.25, -0.2) is 0 Å². The van der Waals surface area contributed by atoms with Crippen molar-refractivity contribution in [3.05, 3.63) is 29.8 Å². The molecule has 6 nitrogen and oxygen atoms in total. The van der Waals surface area contributed by atoms with Gasteiger partial charge in [0.05, 0.1) is 5.69 Å². The number of Topliss-reactive ketones (excluding diaryl/α,β-unsaturated/α-hetero) is 1. The van der Waals surface area contributed by atoms with E-state index < -0.39 is 32.7 Å². The van der Waals surface area contributed by atoms with Crippen LogP contribution in [0.5, 0.6) is 0 Å². The highest BCUT2D eigenvalue weighted by molar-refractivity contribution is 7.91. The first-order valence-electron chi connectivity index (χ1n) is 8.50. The zero-order chi connectivity index (χ0) is 20.1. The molecule has 0 aromatic heterocycles. The molecule has 0 spiro atoms. The summed E-state index contributed by atoms with van der Waals surface area (Å²) in [7, 11) is -4.19. The molecule has 26 heavy (non-hydrogen) atoms. The second-order valence-electron chi connectivity index (χ2n) is 7.17. The van der Waals surface area contributed by atoms with E-state index in [0.29, 0.717) is 10.7 Å². The number of alkyl halides is 1. The summed E-state index contributed by atoms with van der Waals surface area (Å²) in [6.07, 6.45) is 1.42. The highest BCUT2D eigenvalue weighted by Crippen LogP contribution is 2.25. The zero-order valence-electron chi connectivity index (χ0n) is 15.9. The summed E-state index contributed by atoms with van der Waals surface area (Å²) in [5.74, 6) is -1.52. The van der Waals surface area contributed by atoms with Crippen molar-refractivity contribution in [2.45, 2.75) is 52.8 Å². The van der Waals surface area contributed by atoms with Gasteiger partial charge in [-0.2, -0.15) is 17.4 Å². The molecule has 0 saturated carbocycles. The van der Waals surface area contributed by atoms with Gasteiger partial charge in [0, 0.05) is 12.0 Å². The minimum atomic E-state index is -4.19. The minimum Gasteiger partial charge on any atom is -0.297 e. The number of halogens is 1. The average molecular weight is 403 g/mol. The van der Waals surface area contributed by atoms with Gasteiger partial charge < -0.3 is 0 Å². The highest BCUT2D eigenvalue weighted by Gasteiger charge is 2.40. The van der Waals surface area contributed by atoms with Gasteiger partial charge in [0.15, 0.2) is 11.2 Å². The smallest absolute Gasteiger partial charge is 0.297 e. The number of aryl methyl sites for hydroxylation is 1. The molecule has 0 fully saturated rings. The largest absolute Gasteiger partial charge is 0.308 e. The number of hydrogen-bond acceptors (Lipinski definition) is 4. The molecule has 1 N–H and O–H groups in total. The van der Waals surface area contributed by atoms with Crippen LogP contribution in [0.15, 0.2) is 24.3 Å². The van der Waals surface area contributed by atoms with E-state index in [1.807, 2.05) is 13.8 Å². The summed E-state index contributed by atoms with van der Waals surface area (Å²) in [5, 5.41) is -1.60. The third kappa shape index (κ3) is 5.79. The van der Waals surface area contributed by atoms with Gasteiger partial charge in [0.2, 0.25) is 0 Å². The second kappa shape index (κ2) is 8.97. The van der Waals surface area contributed by atoms with E-state index >= 15 is 0 Å². The quantitative estimate of drug-likeness (QED) is 0.411. The monoisotopic (exact) mass is 402 g/mol. The predicted molar refractivity (Wildman–Crippen MR) is 105 cm³/mol. The molecule has 0 saturated heterocycles. The van der Waals surface area contributed by atoms with Crippen LogP contribution in [-0.4, -0.2) is 32.0 Å². The van der Waals surface area contributed by atoms with Crippen LogP contribution in [0.1, 0.15) is 46.1 Å². The summed E-state index contributed by atoms with van der Waals surface area (Å²) >= 11 is 6.08. The lowest BCUT2D eigenvalue weighted by atomic mass is 9.88. The Balaban J connectivity index is 3.30. The van der Waals surface area contributed by atoms with E-state index in [0.717, 1.165) is 12.0 Å². The van der Waals surface area contributed by atoms with Crippen LogP contribution in [0.2, 0.25) is 0 Å². The lowest BCUT2D eigenvalue weighted by Gasteiger charge is -2.27. The number of unbranched alkanes of at least 4 members (excludes halogenated alkanes) is 1. The average Bonchev–Trinajstić information content (AvgIpc) is 2.54. The van der Waals surface area contributed by atoms with Crippen LogP contribution in [-0.2, 0) is 19.8 Å². The number of ketones is 1. The van der Waals surface area contributed by atoms with Crippen molar-refractivity contribution in [1.82, 2.24) is 4.72 Å². The molecule has 146 valence electrons. The molecule has 8 heteroatoms. The van der Waals surface area contributed by atoms with Gasteiger partial charge in [0.1, 0.15) is 0 Å². The van der Waals surface area contributed by atoms with Gasteiger partial charge >= 0.3 is 10.2 Å². The van der Waals surface area contributed by atoms with E-state index in [4.69, 9.17) is 11.6 Å². The molecular weight excluding hydrogens is 376 g/mol. The number of rotatable bonds is 8. The number of hydrogen-bond donors (Lipinski definition) is 1. The molecule has 1 aromatic rings. The van der Waals surface area contributed by atoms with Gasteiger partial charge in [-0.1, -0.05) is 51.8 Å². The van der Waals surface area contributed by atoms with Crippen LogP contribution >= 0.6 is 11.6 Å². The Morgan fingerprint density at radius 3 is 2.19 bits per heavy atom. The van der Waals surface area contributed by atoms with Crippen LogP contribution in [0.3, 0.4) is 0 Å². The number of benzene rings is 1. The van der Waals surface area contributed by atoms with E-state index in [-0.39, 0.29) is 12.2 Å². The number of nitrogens with one attached hydrogen (secondary N) is 1. The number of anilines is 1. The Hall–Kier alpha value is -1.44. The summed E-state index contributed by atoms with van der Waals surface area (Å²) in [6, 6.07) is 6.40. The maximum Gasteiger partial charge on any atom is 0.308 e. The first-order valence-corrected chi connectivity index (χ1v) is 10.4. The van der Waals surface area contributed by atoms with Crippen molar-refractivity contribution in [3.63, 3.8) is 0 Å². The Labute approximate surface area is 161 Å². The summed E-state index contributed by atoms with van der Waals surface area (Å²) in [5.41, 5.74) is 0.170. The lowest BCUT2D eigenvalue weighted by Crippen LogP contribution is -2.50. The third-order valence-electron chi connectivity index (χ3n) is 3.71. The Kier molecular flexibility index (Phi) is 7.80. The summed E-state index contributed by atoms with van der Waals surface area (Å²) < 4.78 is 28.4. The first kappa shape index (κ1) is 22.6. The first-order chi connectivity index (χ1) is 11.9. The fourth-order valence-corrected chi connectivity index (χ4v) is 3.86. The molecule has 1 aromatic carbocycles. The van der Waals surface area contributed by atoms with E-state index in [9.17, 15) is 18.0 Å². The molecule has 0 heterocycles. The van der Waals surface area contributed by atoms with Crippen molar-refractivity contribution in [3.8, 4) is 0 Å². The predicted octanol–water partition coefficient (Wildman–Crippen LogP) is 3.19. The molecule has 1 unspecified atom stereocenters. The Bertz CT molecular complexity index is 739. The Morgan fingerprint density at radius 2 is 1.73 bits per heavy atom. The van der Waals surface area contributed by atoms with E-state index in [1.165, 1.54) is 12.1 Å². The number of amides is 1. The summed E-state index contributed by atoms with van der Waals surface area (Å²) in [4.78, 5) is 25.2. The maximum absolute atomic E-state index is 12.9. The third-order valence-corrected chi connectivity index (χ3v) is 5.54. The normalized spacial score (nSPS) is 13.3. The zero-order valence-corrected chi connectivity index (χ0v) is 17.4. The van der Waals surface area contributed by atoms with Crippen molar-refractivity contribution in [2.75, 3.05) is 10.8 Å². The minimum absolute atomic E-state index is 0.136. The van der Waals surface area contributed by atoms with Crippen LogP contribution < -0.4 is 9.03 Å². The van der Waals surface area contributed by atoms with E-state index in [2.05, 4.69) is 4.72 Å². The molecule has 0 bridgehead atoms. The number of carbonyl (C=O) groups excluding carboxylic acids is 2. The van der Waals surface area contributed by atoms with Crippen molar-refractivity contribution >= 4 is 39.2 Å². The lowest BCUT2D eigenvalue weighted by molar-refractivity contribution is -0.130. The Morgan fingerprint density at radius 1 is 1.19 bits per heavy atom. The van der Waals surface area contributed by atoms with Crippen molar-refractivity contribution in [2.24, 2.45) is 5.41 Å². The second-order valence-corrected chi connectivity index (χ2v) is 9.21. The number of nitrogens with zero attached hydrogens (tertiary/aromatic N) is 1. The van der Waals surface area contributed by atoms with Crippen LogP contribution in [0.4, 0.5) is 5.69 Å². The van der Waals surface area contributed by atoms with Gasteiger partial charge in [0.25, 0.3) is 5.91 Å². The molecule has 0 aliphatic heterocycles. The topological polar surface area (TPSA) is 83.6 Å². The fraction of sp³-hybridized carbons (Fsp3) is 0.556. The van der Waals surface area contributed by atoms with E-state index in [1.54, 1.807) is 32.9 Å². The van der Waals surface area contributed by atoms with Crippen molar-refractivity contribution < 1.29 is 18.0 Å². The van der Waals surface area contributed by atoms with Crippen LogP contribution in [0, 0.1) is 12.3 Å². The van der Waals surface area contributed by atoms with Gasteiger partial charge in [-0.15, -0.1) is 11.6 Å². The number of carbonyl (C=O) groups is 2. The molecule has 1 amide bonds. The molecule has 0 aliphatic carbocycles. The molecule has 0 radical (unpaired) electrons. The fourth-order valence-electron chi connectivity index (χ4n) is 2.10. The maximum atomic E-state index is 12.9.